The van der Waals surface area contributed by atoms with Gasteiger partial charge in [0.25, 0.3) is 0 Å². The van der Waals surface area contributed by atoms with Crippen LogP contribution in [0, 0.1) is 47.3 Å². The molecule has 17 atom stereocenters. The van der Waals surface area contributed by atoms with E-state index in [0.717, 1.165) is 130 Å². The van der Waals surface area contributed by atoms with Crippen molar-refractivity contribution in [2.24, 2.45) is 47.3 Å². The number of fused-ring (bicyclic) bond motifs is 8. The van der Waals surface area contributed by atoms with Crippen molar-refractivity contribution < 1.29 is 30.6 Å². The molecule has 8 saturated carbocycles. The number of aromatic hydroxyl groups is 5. The number of phenols is 5. The molecular weight excluding hydrogens is 1390 g/mol. The summed E-state index contributed by atoms with van der Waals surface area (Å²) < 4.78 is 0. The first kappa shape index (κ1) is 77.5. The molecule has 0 radical (unpaired) electrons. The van der Waals surface area contributed by atoms with Gasteiger partial charge in [-0.3, -0.25) is 24.5 Å². The van der Waals surface area contributed by atoms with Crippen molar-refractivity contribution in [3.63, 3.8) is 0 Å². The van der Waals surface area contributed by atoms with E-state index >= 15 is 0 Å². The van der Waals surface area contributed by atoms with Gasteiger partial charge in [0.2, 0.25) is 0 Å². The van der Waals surface area contributed by atoms with E-state index in [1.165, 1.54) is 280 Å². The van der Waals surface area contributed by atoms with E-state index in [2.05, 4.69) is 121 Å². The molecule has 0 aromatic heterocycles. The Morgan fingerprint density at radius 3 is 1.29 bits per heavy atom. The number of likely N-dealkylation sites (tertiary alicyclic amines) is 5. The third kappa shape index (κ3) is 13.7. The lowest BCUT2D eigenvalue weighted by Crippen LogP contribution is -2.72. The summed E-state index contributed by atoms with van der Waals surface area (Å²) in [6, 6.07) is 35.3. The van der Waals surface area contributed by atoms with E-state index in [4.69, 9.17) is 0 Å². The number of piperidine rings is 5. The van der Waals surface area contributed by atoms with Crippen LogP contribution in [0.2, 0.25) is 0 Å². The van der Waals surface area contributed by atoms with Gasteiger partial charge in [-0.15, -0.1) is 0 Å². The predicted molar refractivity (Wildman–Crippen MR) is 456 cm³/mol. The Kier molecular flexibility index (Phi) is 20.9. The van der Waals surface area contributed by atoms with Gasteiger partial charge in [-0.2, -0.15) is 0 Å². The van der Waals surface area contributed by atoms with Gasteiger partial charge in [-0.05, 0) is 396 Å². The van der Waals surface area contributed by atoms with Crippen LogP contribution in [0.3, 0.4) is 0 Å². The van der Waals surface area contributed by atoms with Crippen LogP contribution in [-0.4, -0.2) is 155 Å². The highest BCUT2D eigenvalue weighted by molar-refractivity contribution is 5.51. The molecule has 11 nitrogen and oxygen atoms in total. The van der Waals surface area contributed by atoms with Gasteiger partial charge in [0.1, 0.15) is 28.7 Å². The smallest absolute Gasteiger partial charge is 0.115 e. The topological polar surface area (TPSA) is 138 Å². The van der Waals surface area contributed by atoms with Gasteiger partial charge in [-0.1, -0.05) is 114 Å². The molecular formula is C102H141N5O6. The highest BCUT2D eigenvalue weighted by Gasteiger charge is 2.64. The summed E-state index contributed by atoms with van der Waals surface area (Å²) in [5.41, 5.74) is 16.6. The average Bonchev–Trinajstić information content (AvgIpc) is 1.68. The SMILES string of the molecule is CC(C)=CCN1CC[C@@]2(C)c3cc(O)ccc3C[C@@H]1C2C.C[C@@H](C1CC1)N1CC[C@]23CCCC[C@H]2[C@H]1Cc1ccc(O)cc13.C[C@H](C1CC1)N1CC[C@]23CCCC[C@H]2[C@H]1Cc1ccc(O)cc13.Oc1ccc2c(c1)[C@@]13CCCC[C@@]1(O)[C@@H](C2)N(CC1CCC1)CC3.Oc1ccc2c(c1)[C@@]13CCCC[C@H]1[C@@H](C2)N(CC1CC1)CC3. The van der Waals surface area contributed by atoms with Crippen LogP contribution >= 0.6 is 0 Å². The molecule has 610 valence electrons. The number of phenolic OH excluding ortho intramolecular Hbond substituents is 5. The Hall–Kier alpha value is -5.40. The van der Waals surface area contributed by atoms with Crippen LogP contribution in [0.25, 0.3) is 0 Å². The average molecular weight is 1530 g/mol. The third-order valence-electron chi connectivity index (χ3n) is 36.1. The lowest BCUT2D eigenvalue weighted by atomic mass is 9.49. The maximum atomic E-state index is 11.9. The molecule has 10 bridgehead atoms. The first-order valence-electron chi connectivity index (χ1n) is 46.9. The van der Waals surface area contributed by atoms with Crippen LogP contribution in [0.15, 0.2) is 103 Å². The maximum Gasteiger partial charge on any atom is 0.115 e. The second kappa shape index (κ2) is 30.4. The summed E-state index contributed by atoms with van der Waals surface area (Å²) in [6.07, 6.45) is 48.0. The Bertz CT molecular complexity index is 4210. The zero-order chi connectivity index (χ0) is 77.5. The summed E-state index contributed by atoms with van der Waals surface area (Å²) >= 11 is 0. The van der Waals surface area contributed by atoms with E-state index < -0.39 is 5.60 Å². The first-order valence-corrected chi connectivity index (χ1v) is 46.9. The van der Waals surface area contributed by atoms with Gasteiger partial charge < -0.3 is 30.6 Å². The van der Waals surface area contributed by atoms with Gasteiger partial charge in [0.05, 0.1) is 5.60 Å². The number of hydrogen-bond donors (Lipinski definition) is 6. The standard InChI is InChI=1S/C21H29NO2.2C21H29NO.C20H27NO.C19H27NO/c23-17-7-6-16-12-19-21(24)9-2-1-8-20(21,18(16)13-17)10-11-22(19)14-15-4-3-5-15;2*1-14(15-5-6-15)22-11-10-21-9-3-2-4-18(21)20(22)12-16-7-8-17(23)13-19(16)21;22-16-7-6-15-11-19-17-3-1-2-8-20(17,18(15)12-16)9-10-21(19)13-14-4-5-14;1-13(2)7-9-20-10-8-19(4)14(3)18(20)11-15-5-6-16(21)12-17(15)19/h6-7,13,15,19,23-24H,1-5,8-12,14H2;2*7-8,13-15,18,20,23H,2-6,9-12H2,1H3;6-7,12,14,17,19,22H,1-5,8-11,13H2;5-7,12,14,18,21H,8-11H2,1-4H3/t19-,20+,21-;14-,18+,20-,21-;14-,18-,20+,21+;17-,19+,20+;14?,18-,19-/m11001/s1. The van der Waals surface area contributed by atoms with Gasteiger partial charge in [-0.25, -0.2) is 0 Å². The van der Waals surface area contributed by atoms with Crippen LogP contribution in [0.1, 0.15) is 290 Å². The van der Waals surface area contributed by atoms with Crippen molar-refractivity contribution in [1.29, 1.82) is 0 Å². The second-order valence-electron chi connectivity index (χ2n) is 41.8. The molecule has 13 aliphatic carbocycles. The summed E-state index contributed by atoms with van der Waals surface area (Å²) in [7, 11) is 0. The summed E-state index contributed by atoms with van der Waals surface area (Å²) in [5.74, 6) is 9.05. The molecule has 1 unspecified atom stereocenters. The fourth-order valence-electron chi connectivity index (χ4n) is 29.2. The molecule has 5 aliphatic heterocycles. The van der Waals surface area contributed by atoms with Crippen LogP contribution < -0.4 is 0 Å². The predicted octanol–water partition coefficient (Wildman–Crippen LogP) is 19.6. The minimum Gasteiger partial charge on any atom is -0.508 e. The Morgan fingerprint density at radius 1 is 0.398 bits per heavy atom. The molecule has 5 aromatic rings. The van der Waals surface area contributed by atoms with E-state index in [-0.39, 0.29) is 16.9 Å². The summed E-state index contributed by atoms with van der Waals surface area (Å²) in [5, 5.41) is 62.1. The van der Waals surface area contributed by atoms with Crippen LogP contribution in [0.4, 0.5) is 0 Å². The summed E-state index contributed by atoms with van der Waals surface area (Å²) in [6.45, 7) is 23.8. The zero-order valence-electron chi connectivity index (χ0n) is 70.2. The molecule has 18 aliphatic rings. The fraction of sp³-hybridized carbons (Fsp3) is 0.686. The van der Waals surface area contributed by atoms with Crippen LogP contribution in [0.5, 0.6) is 28.7 Å². The van der Waals surface area contributed by atoms with Crippen molar-refractivity contribution in [2.75, 3.05) is 52.4 Å². The number of benzene rings is 5. The van der Waals surface area contributed by atoms with Crippen molar-refractivity contribution in [3.8, 4) is 28.7 Å². The van der Waals surface area contributed by atoms with Crippen molar-refractivity contribution in [3.05, 3.63) is 158 Å². The molecule has 5 saturated heterocycles. The number of allylic oxidation sites excluding steroid dienone is 1. The Balaban J connectivity index is 0.0000000950. The van der Waals surface area contributed by atoms with Crippen molar-refractivity contribution in [2.45, 2.75) is 341 Å². The largest absolute Gasteiger partial charge is 0.508 e. The lowest BCUT2D eigenvalue weighted by Gasteiger charge is -2.64. The number of rotatable bonds is 10. The van der Waals surface area contributed by atoms with E-state index in [9.17, 15) is 30.6 Å². The van der Waals surface area contributed by atoms with E-state index in [1.807, 2.05) is 42.5 Å². The molecule has 11 heteroatoms. The quantitative estimate of drug-likeness (QED) is 0.0746. The van der Waals surface area contributed by atoms with Crippen molar-refractivity contribution >= 4 is 0 Å². The number of hydrogen-bond acceptors (Lipinski definition) is 11. The highest BCUT2D eigenvalue weighted by Crippen LogP contribution is 2.63. The first-order chi connectivity index (χ1) is 54.7. The molecule has 23 rings (SSSR count). The van der Waals surface area contributed by atoms with Crippen molar-refractivity contribution in [1.82, 2.24) is 24.5 Å². The third-order valence-corrected chi connectivity index (χ3v) is 36.1. The summed E-state index contributed by atoms with van der Waals surface area (Å²) in [4.78, 5) is 13.9. The van der Waals surface area contributed by atoms with Gasteiger partial charge in [0, 0.05) is 83.6 Å². The molecule has 113 heavy (non-hydrogen) atoms. The molecule has 0 amide bonds. The van der Waals surface area contributed by atoms with E-state index in [1.54, 1.807) is 0 Å². The molecule has 13 fully saturated rings. The molecule has 5 heterocycles. The number of aliphatic hydroxyl groups is 1. The van der Waals surface area contributed by atoms with E-state index in [0.29, 0.717) is 57.0 Å². The molecule has 5 aromatic carbocycles. The molecule has 0 spiro atoms. The minimum atomic E-state index is -0.603. The maximum absolute atomic E-state index is 11.9. The second-order valence-corrected chi connectivity index (χ2v) is 41.8. The minimum absolute atomic E-state index is 0.127. The Morgan fingerprint density at radius 2 is 0.805 bits per heavy atom. The van der Waals surface area contributed by atoms with Crippen LogP contribution in [-0.2, 0) is 59.2 Å². The van der Waals surface area contributed by atoms with Gasteiger partial charge >= 0.3 is 0 Å². The zero-order valence-corrected chi connectivity index (χ0v) is 70.2. The van der Waals surface area contributed by atoms with Gasteiger partial charge in [0.15, 0.2) is 0 Å². The molecule has 6 N–H and O–H groups in total. The normalized spacial score (nSPS) is 36.8. The lowest BCUT2D eigenvalue weighted by molar-refractivity contribution is -0.169. The fourth-order valence-corrected chi connectivity index (χ4v) is 29.2. The Labute approximate surface area is 679 Å². The monoisotopic (exact) mass is 1530 g/mol. The number of nitrogens with zero attached hydrogens (tertiary/aromatic N) is 5. The highest BCUT2D eigenvalue weighted by atomic mass is 16.3.